The van der Waals surface area contributed by atoms with E-state index in [4.69, 9.17) is 16.7 Å². The summed E-state index contributed by atoms with van der Waals surface area (Å²) < 4.78 is 12.8. The Morgan fingerprint density at radius 1 is 1.38 bits per heavy atom. The first-order valence-corrected chi connectivity index (χ1v) is 5.82. The lowest BCUT2D eigenvalue weighted by molar-refractivity contribution is 0.190. The van der Waals surface area contributed by atoms with Crippen LogP contribution in [0.1, 0.15) is 18.9 Å². The summed E-state index contributed by atoms with van der Waals surface area (Å²) in [6.45, 7) is 4.36. The first kappa shape index (κ1) is 13.4. The molecule has 0 saturated carbocycles. The lowest BCUT2D eigenvalue weighted by Crippen LogP contribution is -2.27. The highest BCUT2D eigenvalue weighted by atomic mass is 35.5. The first-order chi connectivity index (χ1) is 7.67. The van der Waals surface area contributed by atoms with E-state index < -0.39 is 0 Å². The highest BCUT2D eigenvalue weighted by molar-refractivity contribution is 6.31. The molecule has 0 amide bonds. The minimum atomic E-state index is -0.321. The van der Waals surface area contributed by atoms with Crippen molar-refractivity contribution in [2.24, 2.45) is 0 Å². The van der Waals surface area contributed by atoms with Crippen LogP contribution in [0.25, 0.3) is 0 Å². The molecule has 0 aliphatic heterocycles. The summed E-state index contributed by atoms with van der Waals surface area (Å²) >= 11 is 5.94. The monoisotopic (exact) mass is 245 g/mol. The quantitative estimate of drug-likeness (QED) is 0.833. The fourth-order valence-corrected chi connectivity index (χ4v) is 1.85. The summed E-state index contributed by atoms with van der Waals surface area (Å²) in [7, 11) is 0. The van der Waals surface area contributed by atoms with E-state index in [-0.39, 0.29) is 12.4 Å². The lowest BCUT2D eigenvalue weighted by atomic mass is 10.2. The van der Waals surface area contributed by atoms with Crippen molar-refractivity contribution in [2.75, 3.05) is 19.7 Å². The van der Waals surface area contributed by atoms with Crippen LogP contribution < -0.4 is 0 Å². The fraction of sp³-hybridized carbons (Fsp3) is 0.500. The Hall–Kier alpha value is -0.640. The van der Waals surface area contributed by atoms with Crippen LogP contribution in [-0.2, 0) is 6.54 Å². The van der Waals surface area contributed by atoms with Gasteiger partial charge in [-0.25, -0.2) is 4.39 Å². The predicted octanol–water partition coefficient (Wildman–Crippen LogP) is 2.68. The second kappa shape index (κ2) is 6.84. The van der Waals surface area contributed by atoms with Gasteiger partial charge in [-0.15, -0.1) is 0 Å². The maximum atomic E-state index is 12.8. The number of hydrogen-bond acceptors (Lipinski definition) is 2. The number of aliphatic hydroxyl groups is 1. The Morgan fingerprint density at radius 3 is 2.69 bits per heavy atom. The summed E-state index contributed by atoms with van der Waals surface area (Å²) in [5, 5.41) is 9.36. The first-order valence-electron chi connectivity index (χ1n) is 5.44. The predicted molar refractivity (Wildman–Crippen MR) is 64.1 cm³/mol. The normalized spacial score (nSPS) is 11.1. The van der Waals surface area contributed by atoms with Crippen LogP contribution in [-0.4, -0.2) is 29.7 Å². The molecule has 4 heteroatoms. The van der Waals surface area contributed by atoms with Gasteiger partial charge in [0, 0.05) is 18.1 Å². The van der Waals surface area contributed by atoms with Gasteiger partial charge < -0.3 is 5.11 Å². The maximum absolute atomic E-state index is 12.8. The molecule has 1 aromatic rings. The van der Waals surface area contributed by atoms with Gasteiger partial charge in [-0.2, -0.15) is 0 Å². The largest absolute Gasteiger partial charge is 0.395 e. The Balaban J connectivity index is 2.68. The number of halogens is 2. The Bertz CT molecular complexity index is 327. The van der Waals surface area contributed by atoms with Gasteiger partial charge in [0.1, 0.15) is 5.82 Å². The van der Waals surface area contributed by atoms with Crippen LogP contribution in [0, 0.1) is 5.82 Å². The third-order valence-electron chi connectivity index (χ3n) is 2.37. The number of nitrogens with zero attached hydrogens (tertiary/aromatic N) is 1. The van der Waals surface area contributed by atoms with Gasteiger partial charge >= 0.3 is 0 Å². The highest BCUT2D eigenvalue weighted by Crippen LogP contribution is 2.19. The number of rotatable bonds is 6. The molecule has 90 valence electrons. The summed E-state index contributed by atoms with van der Waals surface area (Å²) in [5.41, 5.74) is 0.893. The number of hydrogen-bond donors (Lipinski definition) is 1. The molecule has 0 spiro atoms. The summed E-state index contributed by atoms with van der Waals surface area (Å²) in [6.07, 6.45) is 1.01. The van der Waals surface area contributed by atoms with Gasteiger partial charge in [0.2, 0.25) is 0 Å². The van der Waals surface area contributed by atoms with Crippen LogP contribution >= 0.6 is 11.6 Å². The SMILES string of the molecule is CCCN(CCO)Cc1ccc(F)cc1Cl. The highest BCUT2D eigenvalue weighted by Gasteiger charge is 2.07. The minimum absolute atomic E-state index is 0.124. The fourth-order valence-electron chi connectivity index (χ4n) is 1.62. The molecular weight excluding hydrogens is 229 g/mol. The van der Waals surface area contributed by atoms with Crippen molar-refractivity contribution in [3.63, 3.8) is 0 Å². The van der Waals surface area contributed by atoms with Crippen molar-refractivity contribution in [3.05, 3.63) is 34.6 Å². The van der Waals surface area contributed by atoms with Crippen LogP contribution in [0.2, 0.25) is 5.02 Å². The van der Waals surface area contributed by atoms with Gasteiger partial charge in [-0.1, -0.05) is 24.6 Å². The molecule has 0 saturated heterocycles. The molecule has 1 rings (SSSR count). The van der Waals surface area contributed by atoms with E-state index in [1.54, 1.807) is 6.07 Å². The Morgan fingerprint density at radius 2 is 2.12 bits per heavy atom. The van der Waals surface area contributed by atoms with Crippen molar-refractivity contribution in [1.82, 2.24) is 4.90 Å². The lowest BCUT2D eigenvalue weighted by Gasteiger charge is -2.21. The molecule has 0 heterocycles. The molecule has 16 heavy (non-hydrogen) atoms. The Kier molecular flexibility index (Phi) is 5.74. The van der Waals surface area contributed by atoms with Crippen LogP contribution in [0.15, 0.2) is 18.2 Å². The Labute approximate surface area is 101 Å². The third kappa shape index (κ3) is 4.08. The van der Waals surface area contributed by atoms with Crippen molar-refractivity contribution in [1.29, 1.82) is 0 Å². The van der Waals surface area contributed by atoms with E-state index in [9.17, 15) is 4.39 Å². The van der Waals surface area contributed by atoms with E-state index in [0.717, 1.165) is 18.5 Å². The average Bonchev–Trinajstić information content (AvgIpc) is 2.23. The van der Waals surface area contributed by atoms with Crippen LogP contribution in [0.3, 0.4) is 0 Å². The molecule has 2 nitrogen and oxygen atoms in total. The van der Waals surface area contributed by atoms with Gasteiger partial charge in [0.15, 0.2) is 0 Å². The zero-order chi connectivity index (χ0) is 12.0. The number of aliphatic hydroxyl groups excluding tert-OH is 1. The average molecular weight is 246 g/mol. The zero-order valence-corrected chi connectivity index (χ0v) is 10.2. The minimum Gasteiger partial charge on any atom is -0.395 e. The second-order valence-electron chi connectivity index (χ2n) is 3.74. The van der Waals surface area contributed by atoms with Gasteiger partial charge in [0.05, 0.1) is 6.61 Å². The third-order valence-corrected chi connectivity index (χ3v) is 2.72. The van der Waals surface area contributed by atoms with E-state index in [1.165, 1.54) is 12.1 Å². The van der Waals surface area contributed by atoms with Gasteiger partial charge in [0.25, 0.3) is 0 Å². The molecule has 1 N–H and O–H groups in total. The maximum Gasteiger partial charge on any atom is 0.124 e. The molecule has 0 aliphatic rings. The van der Waals surface area contributed by atoms with Crippen molar-refractivity contribution < 1.29 is 9.50 Å². The number of benzene rings is 1. The van der Waals surface area contributed by atoms with Crippen molar-refractivity contribution in [3.8, 4) is 0 Å². The summed E-state index contributed by atoms with van der Waals surface area (Å²) in [6, 6.07) is 4.42. The van der Waals surface area contributed by atoms with Crippen LogP contribution in [0.5, 0.6) is 0 Å². The molecular formula is C12H17ClFNO. The van der Waals surface area contributed by atoms with Crippen molar-refractivity contribution in [2.45, 2.75) is 19.9 Å². The molecule has 0 radical (unpaired) electrons. The molecule has 0 aromatic heterocycles. The molecule has 0 bridgehead atoms. The smallest absolute Gasteiger partial charge is 0.124 e. The van der Waals surface area contributed by atoms with E-state index in [0.29, 0.717) is 18.1 Å². The van der Waals surface area contributed by atoms with Gasteiger partial charge in [-0.3, -0.25) is 4.90 Å². The molecule has 0 fully saturated rings. The molecule has 0 unspecified atom stereocenters. The zero-order valence-electron chi connectivity index (χ0n) is 9.42. The topological polar surface area (TPSA) is 23.5 Å². The molecule has 1 aromatic carbocycles. The van der Waals surface area contributed by atoms with Crippen molar-refractivity contribution >= 4 is 11.6 Å². The van der Waals surface area contributed by atoms with Crippen LogP contribution in [0.4, 0.5) is 4.39 Å². The van der Waals surface area contributed by atoms with E-state index >= 15 is 0 Å². The summed E-state index contributed by atoms with van der Waals surface area (Å²) in [4.78, 5) is 2.10. The van der Waals surface area contributed by atoms with E-state index in [2.05, 4.69) is 11.8 Å². The standard InChI is InChI=1S/C12H17ClFNO/c1-2-5-15(6-7-16)9-10-3-4-11(14)8-12(10)13/h3-4,8,16H,2,5-7,9H2,1H3. The van der Waals surface area contributed by atoms with Gasteiger partial charge in [-0.05, 0) is 30.7 Å². The summed E-state index contributed by atoms with van der Waals surface area (Å²) in [5.74, 6) is -0.321. The molecule has 0 atom stereocenters. The van der Waals surface area contributed by atoms with E-state index in [1.807, 2.05) is 0 Å². The molecule has 0 aliphatic carbocycles. The second-order valence-corrected chi connectivity index (χ2v) is 4.14.